The number of hydrogen-bond donors (Lipinski definition) is 1. The Balaban J connectivity index is 4.36. The number of carbonyl (C=O) groups excluding carboxylic acids is 2. The second-order valence-electron chi connectivity index (χ2n) is 2.67. The summed E-state index contributed by atoms with van der Waals surface area (Å²) in [6, 6.07) is 0. The highest BCUT2D eigenvalue weighted by Gasteiger charge is 2.44. The van der Waals surface area contributed by atoms with Gasteiger partial charge in [-0.05, 0) is 6.92 Å². The maximum absolute atomic E-state index is 12.9. The third kappa shape index (κ3) is 4.20. The lowest BCUT2D eigenvalue weighted by atomic mass is 10.1. The monoisotopic (exact) mass is 226 g/mol. The first-order valence-electron chi connectivity index (χ1n) is 4.16. The Hall–Kier alpha value is -1.24. The molecular weight excluding hydrogens is 214 g/mol. The maximum atomic E-state index is 12.9. The lowest BCUT2D eigenvalue weighted by molar-refractivity contribution is -0.178. The molecule has 0 rings (SSSR count). The van der Waals surface area contributed by atoms with Crippen molar-refractivity contribution in [3.63, 3.8) is 0 Å². The number of ether oxygens (including phenoxy) is 2. The fourth-order valence-electron chi connectivity index (χ4n) is 0.782. The minimum Gasteiger partial charge on any atom is -0.467 e. The van der Waals surface area contributed by atoms with E-state index >= 15 is 0 Å². The van der Waals surface area contributed by atoms with Crippen molar-refractivity contribution in [1.82, 2.24) is 0 Å². The molecule has 15 heavy (non-hydrogen) atoms. The first-order valence-corrected chi connectivity index (χ1v) is 4.16. The Morgan fingerprint density at radius 1 is 1.47 bits per heavy atom. The largest absolute Gasteiger partial charge is 0.467 e. The molecule has 0 amide bonds. The van der Waals surface area contributed by atoms with Gasteiger partial charge in [-0.2, -0.15) is 8.78 Å². The van der Waals surface area contributed by atoms with Gasteiger partial charge in [-0.1, -0.05) is 0 Å². The van der Waals surface area contributed by atoms with E-state index in [1.54, 1.807) is 0 Å². The molecule has 0 aromatic rings. The SMILES string of the molecule is CCOC(=O)C(F)(F)CC(O)C(=O)OC. The Kier molecular flexibility index (Phi) is 5.13. The summed E-state index contributed by atoms with van der Waals surface area (Å²) in [4.78, 5) is 21.3. The standard InChI is InChI=1S/C8H12F2O5/c1-3-15-7(13)8(9,10)4-5(11)6(12)14-2/h5,11H,3-4H2,1-2H3. The van der Waals surface area contributed by atoms with Crippen molar-refractivity contribution in [2.45, 2.75) is 25.4 Å². The normalized spacial score (nSPS) is 13.1. The topological polar surface area (TPSA) is 72.8 Å². The zero-order chi connectivity index (χ0) is 12.1. The second-order valence-corrected chi connectivity index (χ2v) is 2.67. The number of halogens is 2. The Morgan fingerprint density at radius 3 is 2.40 bits per heavy atom. The average molecular weight is 226 g/mol. The number of rotatable bonds is 5. The fourth-order valence-corrected chi connectivity index (χ4v) is 0.782. The van der Waals surface area contributed by atoms with Crippen LogP contribution >= 0.6 is 0 Å². The molecule has 0 aromatic carbocycles. The molecule has 0 aliphatic rings. The van der Waals surface area contributed by atoms with Crippen molar-refractivity contribution in [2.24, 2.45) is 0 Å². The highest BCUT2D eigenvalue weighted by Crippen LogP contribution is 2.22. The Morgan fingerprint density at radius 2 is 2.00 bits per heavy atom. The van der Waals surface area contributed by atoms with E-state index in [2.05, 4.69) is 9.47 Å². The van der Waals surface area contributed by atoms with E-state index in [0.29, 0.717) is 0 Å². The van der Waals surface area contributed by atoms with Crippen molar-refractivity contribution in [3.05, 3.63) is 0 Å². The molecule has 0 bridgehead atoms. The van der Waals surface area contributed by atoms with Crippen LogP contribution in [0.2, 0.25) is 0 Å². The molecule has 0 fully saturated rings. The van der Waals surface area contributed by atoms with Gasteiger partial charge in [0.15, 0.2) is 6.10 Å². The van der Waals surface area contributed by atoms with Gasteiger partial charge in [0.1, 0.15) is 0 Å². The zero-order valence-electron chi connectivity index (χ0n) is 8.33. The van der Waals surface area contributed by atoms with E-state index in [1.165, 1.54) is 6.92 Å². The minimum absolute atomic E-state index is 0.206. The van der Waals surface area contributed by atoms with Gasteiger partial charge in [-0.3, -0.25) is 0 Å². The summed E-state index contributed by atoms with van der Waals surface area (Å²) in [5.74, 6) is -6.89. The molecule has 0 heterocycles. The van der Waals surface area contributed by atoms with Crippen LogP contribution < -0.4 is 0 Å². The number of hydrogen-bond acceptors (Lipinski definition) is 5. The third-order valence-electron chi connectivity index (χ3n) is 1.50. The Bertz CT molecular complexity index is 241. The molecular formula is C8H12F2O5. The molecule has 0 radical (unpaired) electrons. The first kappa shape index (κ1) is 13.8. The van der Waals surface area contributed by atoms with Crippen LogP contribution in [0.1, 0.15) is 13.3 Å². The lowest BCUT2D eigenvalue weighted by Crippen LogP contribution is -2.37. The lowest BCUT2D eigenvalue weighted by Gasteiger charge is -2.16. The molecule has 88 valence electrons. The maximum Gasteiger partial charge on any atom is 0.377 e. The van der Waals surface area contributed by atoms with Crippen LogP contribution in [0.15, 0.2) is 0 Å². The number of aliphatic hydroxyl groups excluding tert-OH is 1. The molecule has 0 aliphatic carbocycles. The van der Waals surface area contributed by atoms with Crippen molar-refractivity contribution in [1.29, 1.82) is 0 Å². The minimum atomic E-state index is -3.90. The fraction of sp³-hybridized carbons (Fsp3) is 0.750. The number of aliphatic hydroxyl groups is 1. The quantitative estimate of drug-likeness (QED) is 0.673. The van der Waals surface area contributed by atoms with E-state index in [9.17, 15) is 18.4 Å². The summed E-state index contributed by atoms with van der Waals surface area (Å²) in [5, 5.41) is 8.91. The molecule has 0 spiro atoms. The van der Waals surface area contributed by atoms with Gasteiger partial charge in [0, 0.05) is 0 Å². The van der Waals surface area contributed by atoms with E-state index in [-0.39, 0.29) is 6.61 Å². The summed E-state index contributed by atoms with van der Waals surface area (Å²) in [6.45, 7) is 1.16. The van der Waals surface area contributed by atoms with Crippen molar-refractivity contribution in [3.8, 4) is 0 Å². The molecule has 5 nitrogen and oxygen atoms in total. The predicted octanol–water partition coefficient (Wildman–Crippen LogP) is 0.109. The zero-order valence-corrected chi connectivity index (χ0v) is 8.33. The van der Waals surface area contributed by atoms with Crippen LogP contribution in [0, 0.1) is 0 Å². The van der Waals surface area contributed by atoms with Gasteiger partial charge in [0.25, 0.3) is 0 Å². The van der Waals surface area contributed by atoms with Crippen LogP contribution in [-0.4, -0.2) is 42.8 Å². The summed E-state index contributed by atoms with van der Waals surface area (Å²) in [6.07, 6.45) is -3.40. The molecule has 0 aromatic heterocycles. The number of methoxy groups -OCH3 is 1. The Labute approximate surface area is 85.0 Å². The van der Waals surface area contributed by atoms with Crippen LogP contribution in [0.3, 0.4) is 0 Å². The molecule has 1 unspecified atom stereocenters. The predicted molar refractivity (Wildman–Crippen MR) is 44.2 cm³/mol. The van der Waals surface area contributed by atoms with Gasteiger partial charge < -0.3 is 14.6 Å². The summed E-state index contributed by atoms with van der Waals surface area (Å²) < 4.78 is 33.9. The van der Waals surface area contributed by atoms with Crippen LogP contribution in [0.5, 0.6) is 0 Å². The van der Waals surface area contributed by atoms with Gasteiger partial charge in [-0.15, -0.1) is 0 Å². The van der Waals surface area contributed by atoms with Gasteiger partial charge in [0.2, 0.25) is 0 Å². The molecule has 7 heteroatoms. The highest BCUT2D eigenvalue weighted by molar-refractivity contribution is 5.80. The van der Waals surface area contributed by atoms with E-state index < -0.39 is 30.4 Å². The van der Waals surface area contributed by atoms with Crippen LogP contribution in [0.4, 0.5) is 8.78 Å². The third-order valence-corrected chi connectivity index (χ3v) is 1.50. The number of carbonyl (C=O) groups is 2. The summed E-state index contributed by atoms with van der Waals surface area (Å²) in [7, 11) is 0.939. The van der Waals surface area contributed by atoms with Gasteiger partial charge in [-0.25, -0.2) is 9.59 Å². The summed E-state index contributed by atoms with van der Waals surface area (Å²) >= 11 is 0. The molecule has 1 atom stereocenters. The van der Waals surface area contributed by atoms with E-state index in [4.69, 9.17) is 5.11 Å². The van der Waals surface area contributed by atoms with Crippen molar-refractivity contribution in [2.75, 3.05) is 13.7 Å². The smallest absolute Gasteiger partial charge is 0.377 e. The number of esters is 2. The van der Waals surface area contributed by atoms with Crippen LogP contribution in [0.25, 0.3) is 0 Å². The summed E-state index contributed by atoms with van der Waals surface area (Å²) in [5.41, 5.74) is 0. The average Bonchev–Trinajstić information content (AvgIpc) is 2.16. The highest BCUT2D eigenvalue weighted by atomic mass is 19.3. The van der Waals surface area contributed by atoms with Crippen molar-refractivity contribution < 1.29 is 33.0 Å². The number of alkyl halides is 2. The first-order chi connectivity index (χ1) is 6.85. The van der Waals surface area contributed by atoms with E-state index in [1.807, 2.05) is 0 Å². The molecule has 0 saturated heterocycles. The van der Waals surface area contributed by atoms with Crippen LogP contribution in [-0.2, 0) is 19.1 Å². The molecule has 0 saturated carbocycles. The van der Waals surface area contributed by atoms with Gasteiger partial charge in [0.05, 0.1) is 20.1 Å². The molecule has 0 aliphatic heterocycles. The van der Waals surface area contributed by atoms with Crippen molar-refractivity contribution >= 4 is 11.9 Å². The van der Waals surface area contributed by atoms with Gasteiger partial charge >= 0.3 is 17.9 Å². The second kappa shape index (κ2) is 5.59. The molecule has 1 N–H and O–H groups in total. The van der Waals surface area contributed by atoms with E-state index in [0.717, 1.165) is 7.11 Å².